The lowest BCUT2D eigenvalue weighted by Crippen LogP contribution is -2.37. The lowest BCUT2D eigenvalue weighted by Gasteiger charge is -2.11. The second-order valence-corrected chi connectivity index (χ2v) is 8.41. The maximum Gasteiger partial charge on any atom is 0.332 e. The molecule has 2 heterocycles. The Hall–Kier alpha value is -4.10. The first-order valence-corrected chi connectivity index (χ1v) is 11.0. The fourth-order valence-corrected chi connectivity index (χ4v) is 4.00. The molecule has 0 atom stereocenters. The van der Waals surface area contributed by atoms with Crippen LogP contribution in [0.4, 0.5) is 0 Å². The number of halogens is 1. The van der Waals surface area contributed by atoms with E-state index in [1.807, 2.05) is 66.7 Å². The molecule has 0 N–H and O–H groups in total. The zero-order valence-electron chi connectivity index (χ0n) is 18.6. The molecular weight excluding hydrogens is 452 g/mol. The number of nitrogens with zero attached hydrogens (tertiary/aromatic N) is 4. The molecule has 5 aromatic rings. The maximum atomic E-state index is 13.0. The molecule has 0 aliphatic heterocycles. The Kier molecular flexibility index (Phi) is 5.55. The molecular formula is C26H21ClN4O3. The number of hydrogen-bond acceptors (Lipinski definition) is 4. The Bertz CT molecular complexity index is 1600. The van der Waals surface area contributed by atoms with E-state index in [9.17, 15) is 9.59 Å². The molecule has 34 heavy (non-hydrogen) atoms. The monoisotopic (exact) mass is 472 g/mol. The van der Waals surface area contributed by atoms with Crippen LogP contribution in [0.2, 0.25) is 5.02 Å². The Labute approximate surface area is 200 Å². The topological polar surface area (TPSA) is 71.1 Å². The van der Waals surface area contributed by atoms with Gasteiger partial charge in [-0.15, -0.1) is 0 Å². The Morgan fingerprint density at radius 2 is 1.47 bits per heavy atom. The smallest absolute Gasteiger partial charge is 0.332 e. The number of aryl methyl sites for hydroxylation is 1. The van der Waals surface area contributed by atoms with Gasteiger partial charge in [0.15, 0.2) is 11.2 Å². The van der Waals surface area contributed by atoms with Gasteiger partial charge in [0.25, 0.3) is 5.56 Å². The lowest BCUT2D eigenvalue weighted by molar-refractivity contribution is 0.421. The molecule has 0 unspecified atom stereocenters. The van der Waals surface area contributed by atoms with E-state index in [4.69, 9.17) is 16.3 Å². The Balaban J connectivity index is 1.60. The SMILES string of the molecule is Cn1c(=O)c2c(nc(Oc3ccc(-c4ccccc4)cc3)n2Cc2ccc(Cl)cc2)n(C)c1=O. The van der Waals surface area contributed by atoms with Gasteiger partial charge < -0.3 is 4.74 Å². The van der Waals surface area contributed by atoms with E-state index >= 15 is 0 Å². The summed E-state index contributed by atoms with van der Waals surface area (Å²) in [7, 11) is 3.04. The van der Waals surface area contributed by atoms with E-state index in [-0.39, 0.29) is 17.2 Å². The van der Waals surface area contributed by atoms with Gasteiger partial charge in [0.1, 0.15) is 5.75 Å². The first kappa shape index (κ1) is 21.7. The molecule has 0 radical (unpaired) electrons. The van der Waals surface area contributed by atoms with E-state index in [1.165, 1.54) is 11.6 Å². The van der Waals surface area contributed by atoms with Gasteiger partial charge in [-0.3, -0.25) is 18.5 Å². The van der Waals surface area contributed by atoms with Gasteiger partial charge in [-0.25, -0.2) is 4.79 Å². The maximum absolute atomic E-state index is 13.0. The highest BCUT2D eigenvalue weighted by molar-refractivity contribution is 6.30. The highest BCUT2D eigenvalue weighted by Crippen LogP contribution is 2.28. The minimum atomic E-state index is -0.451. The van der Waals surface area contributed by atoms with Crippen LogP contribution in [0.5, 0.6) is 11.8 Å². The van der Waals surface area contributed by atoms with Crippen molar-refractivity contribution >= 4 is 22.8 Å². The molecule has 0 aliphatic rings. The van der Waals surface area contributed by atoms with Gasteiger partial charge in [-0.2, -0.15) is 4.98 Å². The molecule has 0 amide bonds. The van der Waals surface area contributed by atoms with Crippen LogP contribution in [0.1, 0.15) is 5.56 Å². The molecule has 2 aromatic heterocycles. The van der Waals surface area contributed by atoms with Crippen LogP contribution in [-0.2, 0) is 20.6 Å². The first-order valence-electron chi connectivity index (χ1n) is 10.7. The summed E-state index contributed by atoms with van der Waals surface area (Å²) < 4.78 is 10.2. The third kappa shape index (κ3) is 3.91. The summed E-state index contributed by atoms with van der Waals surface area (Å²) in [5.41, 5.74) is 2.72. The van der Waals surface area contributed by atoms with Crippen LogP contribution in [0, 0.1) is 0 Å². The Morgan fingerprint density at radius 1 is 0.824 bits per heavy atom. The van der Waals surface area contributed by atoms with Crippen LogP contribution >= 0.6 is 11.6 Å². The number of imidazole rings is 1. The van der Waals surface area contributed by atoms with Crippen molar-refractivity contribution in [2.24, 2.45) is 14.1 Å². The summed E-state index contributed by atoms with van der Waals surface area (Å²) in [6.07, 6.45) is 0. The number of ether oxygens (including phenoxy) is 1. The van der Waals surface area contributed by atoms with Crippen molar-refractivity contribution in [2.45, 2.75) is 6.54 Å². The van der Waals surface area contributed by atoms with E-state index in [2.05, 4.69) is 4.98 Å². The quantitative estimate of drug-likeness (QED) is 0.375. The molecule has 0 bridgehead atoms. The first-order chi connectivity index (χ1) is 16.4. The van der Waals surface area contributed by atoms with Gasteiger partial charge >= 0.3 is 11.7 Å². The predicted octanol–water partition coefficient (Wildman–Crippen LogP) is 4.59. The van der Waals surface area contributed by atoms with Crippen molar-refractivity contribution in [3.63, 3.8) is 0 Å². The normalized spacial score (nSPS) is 11.1. The van der Waals surface area contributed by atoms with Crippen LogP contribution < -0.4 is 16.0 Å². The molecule has 170 valence electrons. The highest BCUT2D eigenvalue weighted by Gasteiger charge is 2.21. The summed E-state index contributed by atoms with van der Waals surface area (Å²) in [6, 6.07) is 25.2. The number of benzene rings is 3. The van der Waals surface area contributed by atoms with Gasteiger partial charge in [0.2, 0.25) is 0 Å². The van der Waals surface area contributed by atoms with E-state index in [1.54, 1.807) is 23.7 Å². The van der Waals surface area contributed by atoms with Gasteiger partial charge in [0.05, 0.1) is 6.54 Å². The van der Waals surface area contributed by atoms with Crippen molar-refractivity contribution in [1.29, 1.82) is 0 Å². The van der Waals surface area contributed by atoms with Crippen LogP contribution in [-0.4, -0.2) is 18.7 Å². The van der Waals surface area contributed by atoms with Crippen LogP contribution in [0.3, 0.4) is 0 Å². The van der Waals surface area contributed by atoms with E-state index in [0.717, 1.165) is 21.3 Å². The summed E-state index contributed by atoms with van der Waals surface area (Å²) in [6.45, 7) is 0.318. The molecule has 0 fully saturated rings. The van der Waals surface area contributed by atoms with Gasteiger partial charge in [0, 0.05) is 19.1 Å². The lowest BCUT2D eigenvalue weighted by atomic mass is 10.1. The summed E-state index contributed by atoms with van der Waals surface area (Å²) >= 11 is 6.03. The summed E-state index contributed by atoms with van der Waals surface area (Å²) in [4.78, 5) is 30.0. The Morgan fingerprint density at radius 3 is 2.15 bits per heavy atom. The largest absolute Gasteiger partial charge is 0.425 e. The zero-order valence-corrected chi connectivity index (χ0v) is 19.4. The minimum Gasteiger partial charge on any atom is -0.425 e. The average molecular weight is 473 g/mol. The summed E-state index contributed by atoms with van der Waals surface area (Å²) in [5, 5.41) is 0.618. The van der Waals surface area contributed by atoms with Crippen molar-refractivity contribution in [1.82, 2.24) is 18.7 Å². The number of fused-ring (bicyclic) bond motifs is 1. The van der Waals surface area contributed by atoms with Crippen LogP contribution in [0.15, 0.2) is 88.5 Å². The predicted molar refractivity (Wildman–Crippen MR) is 133 cm³/mol. The second-order valence-electron chi connectivity index (χ2n) is 7.98. The second kappa shape index (κ2) is 8.68. The van der Waals surface area contributed by atoms with Crippen molar-refractivity contribution in [3.05, 3.63) is 110 Å². The molecule has 5 rings (SSSR count). The van der Waals surface area contributed by atoms with Crippen molar-refractivity contribution in [3.8, 4) is 22.9 Å². The average Bonchev–Trinajstić information content (AvgIpc) is 3.21. The van der Waals surface area contributed by atoms with Crippen molar-refractivity contribution < 1.29 is 4.74 Å². The third-order valence-electron chi connectivity index (χ3n) is 5.74. The third-order valence-corrected chi connectivity index (χ3v) is 5.99. The molecule has 0 saturated heterocycles. The number of hydrogen-bond donors (Lipinski definition) is 0. The summed E-state index contributed by atoms with van der Waals surface area (Å²) in [5.74, 6) is 0.564. The standard InChI is InChI=1S/C26H21ClN4O3/c1-29-23-22(24(32)30(2)26(29)33)31(16-17-8-12-20(27)13-9-17)25(28-23)34-21-14-10-19(11-15-21)18-6-4-3-5-7-18/h3-15H,16H2,1-2H3. The molecule has 3 aromatic carbocycles. The van der Waals surface area contributed by atoms with Gasteiger partial charge in [-0.1, -0.05) is 66.2 Å². The van der Waals surface area contributed by atoms with E-state index < -0.39 is 11.2 Å². The minimum absolute atomic E-state index is 0.218. The fraction of sp³-hybridized carbons (Fsp3) is 0.115. The molecule has 0 aliphatic carbocycles. The number of rotatable bonds is 5. The fourth-order valence-electron chi connectivity index (χ4n) is 3.87. The molecule has 7 nitrogen and oxygen atoms in total. The highest BCUT2D eigenvalue weighted by atomic mass is 35.5. The number of aromatic nitrogens is 4. The molecule has 0 spiro atoms. The zero-order chi connectivity index (χ0) is 23.8. The van der Waals surface area contributed by atoms with Crippen LogP contribution in [0.25, 0.3) is 22.3 Å². The van der Waals surface area contributed by atoms with Crippen molar-refractivity contribution in [2.75, 3.05) is 0 Å². The molecule has 0 saturated carbocycles. The molecule has 8 heteroatoms. The van der Waals surface area contributed by atoms with E-state index in [0.29, 0.717) is 17.3 Å². The van der Waals surface area contributed by atoms with Gasteiger partial charge in [-0.05, 0) is 41.0 Å².